The first-order valence-corrected chi connectivity index (χ1v) is 10.7. The van der Waals surface area contributed by atoms with Crippen molar-refractivity contribution in [1.29, 1.82) is 0 Å². The van der Waals surface area contributed by atoms with Gasteiger partial charge in [-0.1, -0.05) is 18.2 Å². The van der Waals surface area contributed by atoms with Gasteiger partial charge in [0.05, 0.1) is 13.2 Å². The number of aromatic nitrogens is 1. The third kappa shape index (κ3) is 6.74. The molecule has 0 saturated carbocycles. The monoisotopic (exact) mass is 414 g/mol. The van der Waals surface area contributed by atoms with Crippen LogP contribution in [-0.4, -0.2) is 93.2 Å². The quantitative estimate of drug-likeness (QED) is 0.325. The maximum Gasteiger partial charge on any atom is 0.243 e. The van der Waals surface area contributed by atoms with Crippen molar-refractivity contribution in [3.8, 4) is 0 Å². The average molecular weight is 415 g/mol. The number of aromatic amines is 1. The number of benzene rings is 1. The smallest absolute Gasteiger partial charge is 0.243 e. The number of carbonyl (C=O) groups excluding carboxylic acids is 1. The molecular formula is C22H34N6O2. The summed E-state index contributed by atoms with van der Waals surface area (Å²) in [7, 11) is 3.50. The van der Waals surface area contributed by atoms with Crippen LogP contribution >= 0.6 is 0 Å². The number of nitrogens with one attached hydrogen (secondary N) is 3. The molecule has 30 heavy (non-hydrogen) atoms. The van der Waals surface area contributed by atoms with Crippen LogP contribution in [0.1, 0.15) is 12.0 Å². The minimum absolute atomic E-state index is 0.0129. The number of amides is 1. The van der Waals surface area contributed by atoms with Crippen LogP contribution in [0.25, 0.3) is 10.9 Å². The van der Waals surface area contributed by atoms with Gasteiger partial charge in [-0.2, -0.15) is 0 Å². The number of para-hydroxylation sites is 1. The number of rotatable bonds is 9. The lowest BCUT2D eigenvalue weighted by molar-refractivity contribution is -0.127. The summed E-state index contributed by atoms with van der Waals surface area (Å²) in [5.41, 5.74) is 2.42. The Labute approximate surface area is 178 Å². The topological polar surface area (TPSA) is 85.0 Å². The van der Waals surface area contributed by atoms with Crippen LogP contribution in [0.5, 0.6) is 0 Å². The first-order valence-electron chi connectivity index (χ1n) is 10.7. The third-order valence-corrected chi connectivity index (χ3v) is 5.28. The molecule has 0 atom stereocenters. The number of guanidine groups is 1. The number of ether oxygens (including phenoxy) is 1. The molecule has 1 aromatic carbocycles. The zero-order chi connectivity index (χ0) is 21.2. The summed E-state index contributed by atoms with van der Waals surface area (Å²) in [6, 6.07) is 8.31. The van der Waals surface area contributed by atoms with Gasteiger partial charge in [0.25, 0.3) is 0 Å². The fourth-order valence-corrected chi connectivity index (χ4v) is 3.45. The molecule has 8 heteroatoms. The van der Waals surface area contributed by atoms with Crippen LogP contribution in [0.15, 0.2) is 35.5 Å². The van der Waals surface area contributed by atoms with E-state index in [1.807, 2.05) is 6.07 Å². The number of likely N-dealkylation sites (N-methyl/N-ethyl adjacent to an activating group) is 1. The van der Waals surface area contributed by atoms with Crippen molar-refractivity contribution in [3.63, 3.8) is 0 Å². The largest absolute Gasteiger partial charge is 0.379 e. The van der Waals surface area contributed by atoms with Gasteiger partial charge in [0.1, 0.15) is 6.54 Å². The SMILES string of the molecule is CN(C)C(=O)CN=C(NCCCN1CCOCC1)NCCc1c[nH]c2ccccc12. The van der Waals surface area contributed by atoms with Gasteiger partial charge in [-0.3, -0.25) is 9.69 Å². The molecule has 1 saturated heterocycles. The summed E-state index contributed by atoms with van der Waals surface area (Å²) >= 11 is 0. The van der Waals surface area contributed by atoms with E-state index in [-0.39, 0.29) is 12.5 Å². The van der Waals surface area contributed by atoms with Crippen LogP contribution < -0.4 is 10.6 Å². The van der Waals surface area contributed by atoms with Gasteiger partial charge in [0, 0.05) is 57.4 Å². The zero-order valence-corrected chi connectivity index (χ0v) is 18.1. The fourth-order valence-electron chi connectivity index (χ4n) is 3.45. The van der Waals surface area contributed by atoms with Crippen molar-refractivity contribution in [2.75, 3.05) is 66.6 Å². The Morgan fingerprint density at radius 2 is 1.97 bits per heavy atom. The van der Waals surface area contributed by atoms with Gasteiger partial charge in [0.2, 0.25) is 5.91 Å². The first-order chi connectivity index (χ1) is 14.6. The molecule has 1 aliphatic heterocycles. The van der Waals surface area contributed by atoms with E-state index in [2.05, 4.69) is 49.9 Å². The molecule has 1 aromatic heterocycles. The molecule has 164 valence electrons. The molecule has 0 unspecified atom stereocenters. The number of hydrogen-bond donors (Lipinski definition) is 3. The highest BCUT2D eigenvalue weighted by atomic mass is 16.5. The maximum absolute atomic E-state index is 11.9. The van der Waals surface area contributed by atoms with Crippen LogP contribution in [0.2, 0.25) is 0 Å². The van der Waals surface area contributed by atoms with E-state index >= 15 is 0 Å². The van der Waals surface area contributed by atoms with E-state index < -0.39 is 0 Å². The standard InChI is InChI=1S/C22H34N6O2/c1-27(2)21(29)17-26-22(23-9-5-11-28-12-14-30-15-13-28)24-10-8-18-16-25-20-7-4-3-6-19(18)20/h3-4,6-7,16,25H,5,8-15,17H2,1-2H3,(H2,23,24,26). The van der Waals surface area contributed by atoms with Crippen LogP contribution in [0.3, 0.4) is 0 Å². The fraction of sp³-hybridized carbons (Fsp3) is 0.545. The second-order valence-electron chi connectivity index (χ2n) is 7.72. The predicted octanol–water partition coefficient (Wildman–Crippen LogP) is 1.06. The molecule has 3 rings (SSSR count). The Kier molecular flexibility index (Phi) is 8.53. The van der Waals surface area contributed by atoms with E-state index in [0.29, 0.717) is 5.96 Å². The van der Waals surface area contributed by atoms with Crippen LogP contribution in [0.4, 0.5) is 0 Å². The first kappa shape index (κ1) is 22.1. The van der Waals surface area contributed by atoms with Crippen LogP contribution in [0, 0.1) is 0 Å². The molecule has 0 aliphatic carbocycles. The number of nitrogens with zero attached hydrogens (tertiary/aromatic N) is 3. The van der Waals surface area contributed by atoms with Gasteiger partial charge in [-0.15, -0.1) is 0 Å². The van der Waals surface area contributed by atoms with E-state index in [1.165, 1.54) is 10.9 Å². The van der Waals surface area contributed by atoms with Crippen LogP contribution in [-0.2, 0) is 16.0 Å². The lowest BCUT2D eigenvalue weighted by atomic mass is 10.1. The Morgan fingerprint density at radius 3 is 2.77 bits per heavy atom. The molecule has 0 spiro atoms. The molecule has 2 aromatic rings. The maximum atomic E-state index is 11.9. The molecular weight excluding hydrogens is 380 g/mol. The van der Waals surface area contributed by atoms with Gasteiger partial charge in [-0.25, -0.2) is 4.99 Å². The number of H-pyrrole nitrogens is 1. The lowest BCUT2D eigenvalue weighted by Gasteiger charge is -2.26. The molecule has 0 radical (unpaired) electrons. The van der Waals surface area contributed by atoms with Crippen molar-refractivity contribution in [2.24, 2.45) is 4.99 Å². The second-order valence-corrected chi connectivity index (χ2v) is 7.72. The van der Waals surface area contributed by atoms with Crippen molar-refractivity contribution in [1.82, 2.24) is 25.4 Å². The van der Waals surface area contributed by atoms with E-state index in [0.717, 1.165) is 64.3 Å². The number of carbonyl (C=O) groups is 1. The normalized spacial score (nSPS) is 15.3. The van der Waals surface area contributed by atoms with E-state index in [4.69, 9.17) is 4.74 Å². The van der Waals surface area contributed by atoms with Gasteiger partial charge in [-0.05, 0) is 31.0 Å². The summed E-state index contributed by atoms with van der Waals surface area (Å²) in [6.45, 7) is 6.38. The molecule has 8 nitrogen and oxygen atoms in total. The Balaban J connectivity index is 1.48. The highest BCUT2D eigenvalue weighted by Crippen LogP contribution is 2.17. The van der Waals surface area contributed by atoms with Gasteiger partial charge >= 0.3 is 0 Å². The molecule has 1 aliphatic rings. The zero-order valence-electron chi connectivity index (χ0n) is 18.1. The minimum Gasteiger partial charge on any atom is -0.379 e. The Hall–Kier alpha value is -2.58. The van der Waals surface area contributed by atoms with E-state index in [1.54, 1.807) is 19.0 Å². The van der Waals surface area contributed by atoms with Crippen molar-refractivity contribution in [2.45, 2.75) is 12.8 Å². The average Bonchev–Trinajstić information content (AvgIpc) is 3.18. The summed E-state index contributed by atoms with van der Waals surface area (Å²) in [5.74, 6) is 0.674. The summed E-state index contributed by atoms with van der Waals surface area (Å²) in [5, 5.41) is 8.00. The Bertz CT molecular complexity index is 826. The molecule has 1 fully saturated rings. The number of aliphatic imine (C=N–C) groups is 1. The molecule has 0 bridgehead atoms. The van der Waals surface area contributed by atoms with Gasteiger partial charge in [0.15, 0.2) is 5.96 Å². The number of fused-ring (bicyclic) bond motifs is 1. The molecule has 1 amide bonds. The summed E-state index contributed by atoms with van der Waals surface area (Å²) in [4.78, 5) is 23.7. The van der Waals surface area contributed by atoms with Crippen molar-refractivity contribution < 1.29 is 9.53 Å². The molecule has 3 N–H and O–H groups in total. The third-order valence-electron chi connectivity index (χ3n) is 5.28. The van der Waals surface area contributed by atoms with Crippen molar-refractivity contribution in [3.05, 3.63) is 36.0 Å². The second kappa shape index (κ2) is 11.6. The summed E-state index contributed by atoms with van der Waals surface area (Å²) < 4.78 is 5.39. The Morgan fingerprint density at radius 1 is 1.20 bits per heavy atom. The highest BCUT2D eigenvalue weighted by molar-refractivity contribution is 5.85. The number of morpholine rings is 1. The lowest BCUT2D eigenvalue weighted by Crippen LogP contribution is -2.41. The van der Waals surface area contributed by atoms with Crippen molar-refractivity contribution >= 4 is 22.8 Å². The summed E-state index contributed by atoms with van der Waals surface area (Å²) in [6.07, 6.45) is 3.96. The number of hydrogen-bond acceptors (Lipinski definition) is 4. The molecule has 2 heterocycles. The predicted molar refractivity (Wildman–Crippen MR) is 121 cm³/mol. The minimum atomic E-state index is -0.0129. The van der Waals surface area contributed by atoms with Gasteiger partial charge < -0.3 is 25.3 Å². The highest BCUT2D eigenvalue weighted by Gasteiger charge is 2.10. The van der Waals surface area contributed by atoms with E-state index in [9.17, 15) is 4.79 Å².